The predicted octanol–water partition coefficient (Wildman–Crippen LogP) is 2.85. The van der Waals surface area contributed by atoms with Crippen molar-refractivity contribution in [2.75, 3.05) is 0 Å². The van der Waals surface area contributed by atoms with E-state index in [1.807, 2.05) is 30.3 Å². The van der Waals surface area contributed by atoms with Crippen LogP contribution in [0.4, 0.5) is 0 Å². The second kappa shape index (κ2) is 7.08. The van der Waals surface area contributed by atoms with E-state index in [2.05, 4.69) is 15.4 Å². The van der Waals surface area contributed by atoms with E-state index in [1.165, 1.54) is 18.0 Å². The summed E-state index contributed by atoms with van der Waals surface area (Å²) in [5.74, 6) is 0. The minimum atomic E-state index is -0.344. The zero-order valence-electron chi connectivity index (χ0n) is 14.2. The van der Waals surface area contributed by atoms with Gasteiger partial charge in [-0.1, -0.05) is 41.9 Å². The third-order valence-electron chi connectivity index (χ3n) is 3.92. The van der Waals surface area contributed by atoms with Crippen LogP contribution in [0.2, 0.25) is 5.02 Å². The number of nitrogens with zero attached hydrogens (tertiary/aromatic N) is 5. The summed E-state index contributed by atoms with van der Waals surface area (Å²) >= 11 is 5.90. The molecule has 0 aliphatic rings. The molecule has 8 nitrogen and oxygen atoms in total. The van der Waals surface area contributed by atoms with Gasteiger partial charge in [0, 0.05) is 23.2 Å². The molecule has 0 spiro atoms. The fourth-order valence-electron chi connectivity index (χ4n) is 2.52. The molecule has 0 bridgehead atoms. The molecule has 2 aromatic heterocycles. The Morgan fingerprint density at radius 3 is 2.63 bits per heavy atom. The summed E-state index contributed by atoms with van der Waals surface area (Å²) in [5.41, 5.74) is 2.49. The van der Waals surface area contributed by atoms with E-state index in [0.29, 0.717) is 16.4 Å². The molecule has 4 aromatic rings. The second-order valence-corrected chi connectivity index (χ2v) is 6.16. The van der Waals surface area contributed by atoms with Gasteiger partial charge in [-0.05, 0) is 28.6 Å². The van der Waals surface area contributed by atoms with Gasteiger partial charge in [0.25, 0.3) is 0 Å². The highest BCUT2D eigenvalue weighted by molar-refractivity contribution is 6.30. The SMILES string of the molecule is Cn1nnn(-c2ccccc2COc2nc(-c3ccc(Cl)cc3)co2)c1=O. The molecule has 2 aromatic carbocycles. The Balaban J connectivity index is 1.54. The fourth-order valence-corrected chi connectivity index (χ4v) is 2.65. The summed E-state index contributed by atoms with van der Waals surface area (Å²) < 4.78 is 13.4. The lowest BCUT2D eigenvalue weighted by Crippen LogP contribution is -2.23. The van der Waals surface area contributed by atoms with Gasteiger partial charge < -0.3 is 9.15 Å². The number of benzene rings is 2. The van der Waals surface area contributed by atoms with Crippen LogP contribution in [-0.2, 0) is 13.7 Å². The number of para-hydroxylation sites is 1. The number of rotatable bonds is 5. The third-order valence-corrected chi connectivity index (χ3v) is 4.17. The first-order valence-electron chi connectivity index (χ1n) is 8.03. The number of aromatic nitrogens is 5. The average molecular weight is 384 g/mol. The van der Waals surface area contributed by atoms with Gasteiger partial charge in [0.1, 0.15) is 18.6 Å². The largest absolute Gasteiger partial charge is 0.445 e. The lowest BCUT2D eigenvalue weighted by molar-refractivity contribution is 0.220. The first-order chi connectivity index (χ1) is 13.1. The molecular weight excluding hydrogens is 370 g/mol. The molecule has 0 N–H and O–H groups in total. The molecule has 0 unspecified atom stereocenters. The van der Waals surface area contributed by atoms with Gasteiger partial charge in [-0.15, -0.1) is 0 Å². The first kappa shape index (κ1) is 17.0. The number of aryl methyl sites for hydroxylation is 1. The monoisotopic (exact) mass is 383 g/mol. The van der Waals surface area contributed by atoms with E-state index in [4.69, 9.17) is 20.8 Å². The number of ether oxygens (including phenoxy) is 1. The highest BCUT2D eigenvalue weighted by atomic mass is 35.5. The zero-order valence-corrected chi connectivity index (χ0v) is 15.0. The van der Waals surface area contributed by atoms with Gasteiger partial charge in [-0.3, -0.25) is 0 Å². The number of halogens is 1. The molecule has 0 atom stereocenters. The molecule has 27 heavy (non-hydrogen) atoms. The van der Waals surface area contributed by atoms with Crippen molar-refractivity contribution >= 4 is 11.6 Å². The van der Waals surface area contributed by atoms with Crippen LogP contribution < -0.4 is 10.4 Å². The molecule has 0 saturated carbocycles. The van der Waals surface area contributed by atoms with Crippen molar-refractivity contribution in [3.05, 3.63) is 75.9 Å². The van der Waals surface area contributed by atoms with E-state index in [0.717, 1.165) is 15.8 Å². The fraction of sp³-hybridized carbons (Fsp3) is 0.111. The summed E-state index contributed by atoms with van der Waals surface area (Å²) in [6.45, 7) is 0.153. The lowest BCUT2D eigenvalue weighted by atomic mass is 10.2. The summed E-state index contributed by atoms with van der Waals surface area (Å²) in [7, 11) is 1.54. The van der Waals surface area contributed by atoms with E-state index in [9.17, 15) is 4.79 Å². The Bertz CT molecular complexity index is 1130. The zero-order chi connectivity index (χ0) is 18.8. The maximum atomic E-state index is 12.1. The van der Waals surface area contributed by atoms with Gasteiger partial charge >= 0.3 is 11.8 Å². The minimum absolute atomic E-state index is 0.126. The molecule has 2 heterocycles. The molecule has 0 radical (unpaired) electrons. The topological polar surface area (TPSA) is 88.0 Å². The van der Waals surface area contributed by atoms with Crippen molar-refractivity contribution < 1.29 is 9.15 Å². The van der Waals surface area contributed by atoms with Crippen molar-refractivity contribution in [3.63, 3.8) is 0 Å². The molecule has 136 valence electrons. The molecule has 0 saturated heterocycles. The molecule has 9 heteroatoms. The summed E-state index contributed by atoms with van der Waals surface area (Å²) in [6, 6.07) is 14.5. The second-order valence-electron chi connectivity index (χ2n) is 5.72. The maximum Gasteiger partial charge on any atom is 0.394 e. The number of tetrazole rings is 1. The third kappa shape index (κ3) is 3.47. The molecule has 0 fully saturated rings. The van der Waals surface area contributed by atoms with Crippen molar-refractivity contribution in [1.82, 2.24) is 24.8 Å². The summed E-state index contributed by atoms with van der Waals surface area (Å²) in [5, 5.41) is 8.24. The minimum Gasteiger partial charge on any atom is -0.445 e. The van der Waals surface area contributed by atoms with Crippen molar-refractivity contribution in [2.45, 2.75) is 6.61 Å². The van der Waals surface area contributed by atoms with Crippen LogP contribution >= 0.6 is 11.6 Å². The lowest BCUT2D eigenvalue weighted by Gasteiger charge is -2.07. The van der Waals surface area contributed by atoms with Gasteiger partial charge in [0.2, 0.25) is 0 Å². The van der Waals surface area contributed by atoms with Gasteiger partial charge in [-0.25, -0.2) is 4.79 Å². The molecule has 4 rings (SSSR count). The van der Waals surface area contributed by atoms with Crippen LogP contribution in [0.15, 0.2) is 64.0 Å². The quantitative estimate of drug-likeness (QED) is 0.526. The Morgan fingerprint density at radius 1 is 1.11 bits per heavy atom. The van der Waals surface area contributed by atoms with E-state index in [-0.39, 0.29) is 18.4 Å². The van der Waals surface area contributed by atoms with Gasteiger partial charge in [0.05, 0.1) is 5.69 Å². The van der Waals surface area contributed by atoms with Crippen LogP contribution in [0.5, 0.6) is 6.08 Å². The predicted molar refractivity (Wildman–Crippen MR) is 97.9 cm³/mol. The van der Waals surface area contributed by atoms with Crippen LogP contribution in [0, 0.1) is 0 Å². The van der Waals surface area contributed by atoms with Crippen molar-refractivity contribution in [3.8, 4) is 23.0 Å². The smallest absolute Gasteiger partial charge is 0.394 e. The van der Waals surface area contributed by atoms with Crippen molar-refractivity contribution in [2.24, 2.45) is 7.05 Å². The number of hydrogen-bond acceptors (Lipinski definition) is 6. The first-order valence-corrected chi connectivity index (χ1v) is 8.41. The standard InChI is InChI=1S/C18H14ClN5O3/c1-23-18(25)24(22-21-23)16-5-3-2-4-13(16)10-26-17-20-15(11-27-17)12-6-8-14(19)9-7-12/h2-9,11H,10H2,1H3. The molecule has 0 aliphatic carbocycles. The van der Waals surface area contributed by atoms with Crippen LogP contribution in [-0.4, -0.2) is 24.8 Å². The van der Waals surface area contributed by atoms with Crippen molar-refractivity contribution in [1.29, 1.82) is 0 Å². The maximum absolute atomic E-state index is 12.1. The average Bonchev–Trinajstić information content (AvgIpc) is 3.28. The van der Waals surface area contributed by atoms with E-state index in [1.54, 1.807) is 18.2 Å². The van der Waals surface area contributed by atoms with Gasteiger partial charge in [-0.2, -0.15) is 14.3 Å². The Morgan fingerprint density at radius 2 is 1.89 bits per heavy atom. The number of hydrogen-bond donors (Lipinski definition) is 0. The Hall–Kier alpha value is -3.39. The highest BCUT2D eigenvalue weighted by Crippen LogP contribution is 2.24. The van der Waals surface area contributed by atoms with E-state index < -0.39 is 0 Å². The molecular formula is C18H14ClN5O3. The molecule has 0 aliphatic heterocycles. The summed E-state index contributed by atoms with van der Waals surface area (Å²) in [4.78, 5) is 16.4. The van der Waals surface area contributed by atoms with Gasteiger partial charge in [0.15, 0.2) is 0 Å². The Labute approximate surface area is 158 Å². The highest BCUT2D eigenvalue weighted by Gasteiger charge is 2.13. The van der Waals surface area contributed by atoms with E-state index >= 15 is 0 Å². The van der Waals surface area contributed by atoms with Crippen LogP contribution in [0.25, 0.3) is 16.9 Å². The normalized spacial score (nSPS) is 10.9. The summed E-state index contributed by atoms with van der Waals surface area (Å²) in [6.07, 6.45) is 1.64. The van der Waals surface area contributed by atoms with Crippen LogP contribution in [0.3, 0.4) is 0 Å². The van der Waals surface area contributed by atoms with Crippen LogP contribution in [0.1, 0.15) is 5.56 Å². The number of oxazole rings is 1. The molecule has 0 amide bonds. The Kier molecular flexibility index (Phi) is 4.47.